The molecule has 0 aliphatic rings. The highest BCUT2D eigenvalue weighted by atomic mass is 35.5. The van der Waals surface area contributed by atoms with Gasteiger partial charge in [0.15, 0.2) is 9.84 Å². The lowest BCUT2D eigenvalue weighted by molar-refractivity contribution is 0.0697. The van der Waals surface area contributed by atoms with Crippen molar-refractivity contribution < 1.29 is 23.1 Å². The zero-order valence-corrected chi connectivity index (χ0v) is 12.8. The maximum Gasteiger partial charge on any atom is 0.335 e. The fourth-order valence-electron chi connectivity index (χ4n) is 1.39. The first-order valence-electron chi connectivity index (χ1n) is 6.03. The van der Waals surface area contributed by atoms with E-state index < -0.39 is 21.8 Å². The summed E-state index contributed by atoms with van der Waals surface area (Å²) in [5.74, 6) is -1.31. The van der Waals surface area contributed by atoms with Gasteiger partial charge in [-0.3, -0.25) is 0 Å². The molecule has 0 unspecified atom stereocenters. The molecule has 21 heavy (non-hydrogen) atoms. The number of hydrogen-bond acceptors (Lipinski definition) is 4. The highest BCUT2D eigenvalue weighted by Crippen LogP contribution is 2.22. The molecular weight excluding hydrogens is 320 g/mol. The number of rotatable bonds is 6. The van der Waals surface area contributed by atoms with Gasteiger partial charge in [-0.15, -0.1) is 0 Å². The summed E-state index contributed by atoms with van der Waals surface area (Å²) in [6.07, 6.45) is 0. The van der Waals surface area contributed by atoms with Crippen molar-refractivity contribution in [3.8, 4) is 0 Å². The van der Waals surface area contributed by atoms with E-state index in [0.717, 1.165) is 0 Å². The van der Waals surface area contributed by atoms with Crippen LogP contribution < -0.4 is 10.6 Å². The monoisotopic (exact) mass is 334 g/mol. The second-order valence-electron chi connectivity index (χ2n) is 4.12. The third kappa shape index (κ3) is 5.60. The average molecular weight is 335 g/mol. The molecule has 1 aromatic rings. The molecular formula is C12H15ClN2O5S. The highest BCUT2D eigenvalue weighted by Gasteiger charge is 2.11. The Labute approximate surface area is 127 Å². The minimum Gasteiger partial charge on any atom is -0.478 e. The van der Waals surface area contributed by atoms with Crippen LogP contribution in [-0.4, -0.2) is 43.6 Å². The fourth-order valence-corrected chi connectivity index (χ4v) is 2.25. The first-order valence-corrected chi connectivity index (χ1v) is 8.23. The summed E-state index contributed by atoms with van der Waals surface area (Å²) in [5.41, 5.74) is 0.107. The zero-order valence-electron chi connectivity index (χ0n) is 11.2. The molecule has 0 bridgehead atoms. The SMILES string of the molecule is CCS(=O)(=O)CCNC(=O)Nc1cc(C(=O)O)ccc1Cl. The minimum atomic E-state index is -3.16. The molecule has 1 aromatic carbocycles. The summed E-state index contributed by atoms with van der Waals surface area (Å²) in [4.78, 5) is 22.4. The van der Waals surface area contributed by atoms with Crippen molar-refractivity contribution in [3.63, 3.8) is 0 Å². The Hall–Kier alpha value is -1.80. The number of carbonyl (C=O) groups is 2. The van der Waals surface area contributed by atoms with Crippen molar-refractivity contribution in [2.45, 2.75) is 6.92 Å². The number of halogens is 1. The number of hydrogen-bond donors (Lipinski definition) is 3. The minimum absolute atomic E-state index is 0.00276. The molecule has 0 atom stereocenters. The van der Waals surface area contributed by atoms with Gasteiger partial charge in [0, 0.05) is 12.3 Å². The molecule has 3 N–H and O–H groups in total. The van der Waals surface area contributed by atoms with Crippen molar-refractivity contribution in [1.82, 2.24) is 5.32 Å². The summed E-state index contributed by atoms with van der Waals surface area (Å²) < 4.78 is 22.5. The van der Waals surface area contributed by atoms with Crippen molar-refractivity contribution in [2.75, 3.05) is 23.4 Å². The molecule has 0 fully saturated rings. The first kappa shape index (κ1) is 17.3. The van der Waals surface area contributed by atoms with Crippen LogP contribution in [-0.2, 0) is 9.84 Å². The maximum atomic E-state index is 11.6. The second-order valence-corrected chi connectivity index (χ2v) is 7.00. The third-order valence-electron chi connectivity index (χ3n) is 2.60. The van der Waals surface area contributed by atoms with E-state index in [0.29, 0.717) is 0 Å². The summed E-state index contributed by atoms with van der Waals surface area (Å²) in [6, 6.07) is 3.21. The predicted molar refractivity (Wildman–Crippen MR) is 79.8 cm³/mol. The van der Waals surface area contributed by atoms with Crippen molar-refractivity contribution >= 4 is 39.1 Å². The van der Waals surface area contributed by atoms with Gasteiger partial charge >= 0.3 is 12.0 Å². The number of amides is 2. The van der Waals surface area contributed by atoms with Crippen LogP contribution in [0.25, 0.3) is 0 Å². The molecule has 9 heteroatoms. The Morgan fingerprint density at radius 3 is 2.57 bits per heavy atom. The Balaban J connectivity index is 2.63. The topological polar surface area (TPSA) is 113 Å². The molecule has 0 radical (unpaired) electrons. The van der Waals surface area contributed by atoms with E-state index in [1.54, 1.807) is 0 Å². The van der Waals surface area contributed by atoms with Crippen LogP contribution in [0.4, 0.5) is 10.5 Å². The lowest BCUT2D eigenvalue weighted by Crippen LogP contribution is -2.33. The van der Waals surface area contributed by atoms with Gasteiger partial charge < -0.3 is 15.7 Å². The summed E-state index contributed by atoms with van der Waals surface area (Å²) >= 11 is 5.84. The molecule has 0 saturated heterocycles. The highest BCUT2D eigenvalue weighted by molar-refractivity contribution is 7.91. The van der Waals surface area contributed by atoms with Gasteiger partial charge in [-0.25, -0.2) is 18.0 Å². The Morgan fingerprint density at radius 2 is 2.00 bits per heavy atom. The molecule has 1 rings (SSSR count). The molecule has 0 aliphatic carbocycles. The fraction of sp³-hybridized carbons (Fsp3) is 0.333. The second kappa shape index (κ2) is 7.28. The normalized spacial score (nSPS) is 11.0. The van der Waals surface area contributed by atoms with Crippen LogP contribution in [0.5, 0.6) is 0 Å². The van der Waals surface area contributed by atoms with Crippen LogP contribution in [0.15, 0.2) is 18.2 Å². The first-order chi connectivity index (χ1) is 9.75. The van der Waals surface area contributed by atoms with Crippen LogP contribution in [0.1, 0.15) is 17.3 Å². The van der Waals surface area contributed by atoms with Crippen LogP contribution in [0.3, 0.4) is 0 Å². The van der Waals surface area contributed by atoms with Gasteiger partial charge in [0.05, 0.1) is 22.0 Å². The van der Waals surface area contributed by atoms with Crippen LogP contribution in [0.2, 0.25) is 5.02 Å². The molecule has 0 aliphatic heterocycles. The van der Waals surface area contributed by atoms with E-state index in [1.165, 1.54) is 25.1 Å². The van der Waals surface area contributed by atoms with Gasteiger partial charge in [0.1, 0.15) is 0 Å². The van der Waals surface area contributed by atoms with E-state index >= 15 is 0 Å². The van der Waals surface area contributed by atoms with Gasteiger partial charge in [-0.1, -0.05) is 18.5 Å². The standard InChI is InChI=1S/C12H15ClN2O5S/c1-2-21(19,20)6-5-14-12(18)15-10-7-8(11(16)17)3-4-9(10)13/h3-4,7H,2,5-6H2,1H3,(H,16,17)(H2,14,15,18). The number of benzene rings is 1. The number of carboxylic acids is 1. The lowest BCUT2D eigenvalue weighted by Gasteiger charge is -2.09. The van der Waals surface area contributed by atoms with E-state index in [2.05, 4.69) is 10.6 Å². The largest absolute Gasteiger partial charge is 0.478 e. The van der Waals surface area contributed by atoms with Gasteiger partial charge in [-0.05, 0) is 18.2 Å². The van der Waals surface area contributed by atoms with Crippen molar-refractivity contribution in [3.05, 3.63) is 28.8 Å². The van der Waals surface area contributed by atoms with E-state index in [4.69, 9.17) is 16.7 Å². The quantitative estimate of drug-likeness (QED) is 0.731. The number of carboxylic acid groups (broad SMARTS) is 1. The number of anilines is 1. The number of carbonyl (C=O) groups excluding carboxylic acids is 1. The van der Waals surface area contributed by atoms with Crippen molar-refractivity contribution in [1.29, 1.82) is 0 Å². The number of sulfone groups is 1. The molecule has 116 valence electrons. The zero-order chi connectivity index (χ0) is 16.0. The van der Waals surface area contributed by atoms with Crippen LogP contribution in [0, 0.1) is 0 Å². The Bertz CT molecular complexity index is 645. The molecule has 0 heterocycles. The number of nitrogens with one attached hydrogen (secondary N) is 2. The maximum absolute atomic E-state index is 11.6. The molecule has 0 aromatic heterocycles. The average Bonchev–Trinajstić information content (AvgIpc) is 2.40. The predicted octanol–water partition coefficient (Wildman–Crippen LogP) is 1.59. The molecule has 2 amide bonds. The van der Waals surface area contributed by atoms with E-state index in [1.807, 2.05) is 0 Å². The lowest BCUT2D eigenvalue weighted by atomic mass is 10.2. The van der Waals surface area contributed by atoms with Gasteiger partial charge in [0.25, 0.3) is 0 Å². The van der Waals surface area contributed by atoms with Crippen LogP contribution >= 0.6 is 11.6 Å². The van der Waals surface area contributed by atoms with Crippen molar-refractivity contribution in [2.24, 2.45) is 0 Å². The molecule has 0 spiro atoms. The third-order valence-corrected chi connectivity index (χ3v) is 4.64. The Kier molecular flexibility index (Phi) is 5.98. The number of aromatic carboxylic acids is 1. The summed E-state index contributed by atoms with van der Waals surface area (Å²) in [7, 11) is -3.16. The van der Waals surface area contributed by atoms with E-state index in [9.17, 15) is 18.0 Å². The molecule has 7 nitrogen and oxygen atoms in total. The molecule has 0 saturated carbocycles. The number of urea groups is 1. The summed E-state index contributed by atoms with van der Waals surface area (Å²) in [6.45, 7) is 1.48. The smallest absolute Gasteiger partial charge is 0.335 e. The van der Waals surface area contributed by atoms with Gasteiger partial charge in [-0.2, -0.15) is 0 Å². The van der Waals surface area contributed by atoms with E-state index in [-0.39, 0.29) is 34.3 Å². The van der Waals surface area contributed by atoms with Gasteiger partial charge in [0.2, 0.25) is 0 Å². The summed E-state index contributed by atoms with van der Waals surface area (Å²) in [5, 5.41) is 13.8. The Morgan fingerprint density at radius 1 is 1.33 bits per heavy atom.